The van der Waals surface area contributed by atoms with Crippen LogP contribution in [0.4, 0.5) is 4.39 Å². The lowest BCUT2D eigenvalue weighted by molar-refractivity contribution is 0.0695. The summed E-state index contributed by atoms with van der Waals surface area (Å²) in [7, 11) is 0. The van der Waals surface area contributed by atoms with Crippen molar-refractivity contribution in [3.63, 3.8) is 0 Å². The first-order valence-corrected chi connectivity index (χ1v) is 5.04. The van der Waals surface area contributed by atoms with Crippen LogP contribution in [0.5, 0.6) is 0 Å². The summed E-state index contributed by atoms with van der Waals surface area (Å²) in [6, 6.07) is 2.54. The maximum atomic E-state index is 13.3. The number of pyridine rings is 1. The van der Waals surface area contributed by atoms with Crippen LogP contribution >= 0.6 is 15.9 Å². The molecule has 6 heteroatoms. The molecule has 0 atom stereocenters. The van der Waals surface area contributed by atoms with Crippen molar-refractivity contribution in [3.05, 3.63) is 44.4 Å². The number of hydrogen-bond acceptors (Lipinski definition) is 2. The molecule has 0 unspecified atom stereocenters. The molecule has 0 bridgehead atoms. The fourth-order valence-electron chi connectivity index (χ4n) is 1.42. The van der Waals surface area contributed by atoms with Crippen LogP contribution in [0.3, 0.4) is 0 Å². The molecule has 0 aliphatic rings. The molecule has 0 aliphatic heterocycles. The Bertz CT molecular complexity index is 650. The molecule has 0 saturated heterocycles. The fraction of sp³-hybridized carbons (Fsp3) is 0. The third-order valence-corrected chi connectivity index (χ3v) is 2.83. The lowest BCUT2D eigenvalue weighted by Crippen LogP contribution is -2.16. The van der Waals surface area contributed by atoms with Crippen molar-refractivity contribution in [1.82, 2.24) is 4.98 Å². The molecule has 1 aromatic carbocycles. The molecule has 0 amide bonds. The van der Waals surface area contributed by atoms with E-state index < -0.39 is 22.8 Å². The zero-order valence-corrected chi connectivity index (χ0v) is 9.34. The van der Waals surface area contributed by atoms with Gasteiger partial charge in [0.25, 0.3) is 0 Å². The van der Waals surface area contributed by atoms with Crippen LogP contribution in [0, 0.1) is 5.82 Å². The van der Waals surface area contributed by atoms with E-state index in [1.807, 2.05) is 0 Å². The second kappa shape index (κ2) is 3.71. The van der Waals surface area contributed by atoms with Crippen molar-refractivity contribution in [2.75, 3.05) is 0 Å². The van der Waals surface area contributed by atoms with Crippen molar-refractivity contribution in [2.45, 2.75) is 0 Å². The Morgan fingerprint density at radius 3 is 2.75 bits per heavy atom. The lowest BCUT2D eigenvalue weighted by Gasteiger charge is -2.02. The molecule has 1 aromatic heterocycles. The Labute approximate surface area is 96.8 Å². The number of H-pyrrole nitrogens is 1. The number of nitrogens with one attached hydrogen (secondary N) is 1. The number of aromatic amines is 1. The van der Waals surface area contributed by atoms with Gasteiger partial charge in [-0.05, 0) is 28.1 Å². The van der Waals surface area contributed by atoms with E-state index in [9.17, 15) is 14.0 Å². The quantitative estimate of drug-likeness (QED) is 0.843. The Balaban J connectivity index is 3.00. The van der Waals surface area contributed by atoms with Crippen molar-refractivity contribution < 1.29 is 14.3 Å². The number of carbonyl (C=O) groups is 1. The van der Waals surface area contributed by atoms with Gasteiger partial charge >= 0.3 is 5.97 Å². The largest absolute Gasteiger partial charge is 0.477 e. The zero-order valence-electron chi connectivity index (χ0n) is 7.75. The van der Waals surface area contributed by atoms with Gasteiger partial charge < -0.3 is 10.1 Å². The Kier molecular flexibility index (Phi) is 2.51. The van der Waals surface area contributed by atoms with E-state index in [1.54, 1.807) is 0 Å². The molecule has 82 valence electrons. The van der Waals surface area contributed by atoms with Crippen LogP contribution in [0.2, 0.25) is 0 Å². The van der Waals surface area contributed by atoms with Gasteiger partial charge in [0.2, 0.25) is 5.43 Å². The molecule has 16 heavy (non-hydrogen) atoms. The summed E-state index contributed by atoms with van der Waals surface area (Å²) in [5, 5.41) is 8.76. The molecule has 2 N–H and O–H groups in total. The van der Waals surface area contributed by atoms with Crippen molar-refractivity contribution in [2.24, 2.45) is 0 Å². The van der Waals surface area contributed by atoms with Crippen LogP contribution < -0.4 is 5.43 Å². The molecule has 2 rings (SSSR count). The minimum atomic E-state index is -1.35. The zero-order chi connectivity index (χ0) is 11.9. The Morgan fingerprint density at radius 1 is 1.44 bits per heavy atom. The van der Waals surface area contributed by atoms with Gasteiger partial charge in [0.15, 0.2) is 0 Å². The molecule has 0 fully saturated rings. The van der Waals surface area contributed by atoms with E-state index in [0.29, 0.717) is 4.47 Å². The number of hydrogen-bond donors (Lipinski definition) is 2. The van der Waals surface area contributed by atoms with Crippen LogP contribution in [0.25, 0.3) is 10.9 Å². The molecular formula is C10H5BrFNO3. The van der Waals surface area contributed by atoms with E-state index in [-0.39, 0.29) is 10.9 Å². The summed E-state index contributed by atoms with van der Waals surface area (Å²) in [6.45, 7) is 0. The highest BCUT2D eigenvalue weighted by molar-refractivity contribution is 9.10. The molecular weight excluding hydrogens is 281 g/mol. The number of rotatable bonds is 1. The maximum Gasteiger partial charge on any atom is 0.341 e. The standard InChI is InChI=1S/C10H5BrFNO3/c11-5-1-2-6(12)8-7(5)9(14)4(3-13-8)10(15)16/h1-3H,(H,13,14)(H,15,16). The van der Waals surface area contributed by atoms with Crippen molar-refractivity contribution in [3.8, 4) is 0 Å². The van der Waals surface area contributed by atoms with Crippen molar-refractivity contribution in [1.29, 1.82) is 0 Å². The summed E-state index contributed by atoms with van der Waals surface area (Å²) in [4.78, 5) is 24.9. The maximum absolute atomic E-state index is 13.3. The first kappa shape index (κ1) is 10.8. The molecule has 1 heterocycles. The van der Waals surface area contributed by atoms with Crippen molar-refractivity contribution >= 4 is 32.8 Å². The number of aromatic nitrogens is 1. The second-order valence-electron chi connectivity index (χ2n) is 3.12. The topological polar surface area (TPSA) is 70.2 Å². The average molecular weight is 286 g/mol. The van der Waals surface area contributed by atoms with Gasteiger partial charge in [0, 0.05) is 10.7 Å². The molecule has 0 aliphatic carbocycles. The van der Waals surface area contributed by atoms with E-state index in [2.05, 4.69) is 20.9 Å². The molecule has 4 nitrogen and oxygen atoms in total. The Hall–Kier alpha value is -1.69. The second-order valence-corrected chi connectivity index (χ2v) is 3.97. The summed E-state index contributed by atoms with van der Waals surface area (Å²) in [5.41, 5.74) is -1.14. The smallest absolute Gasteiger partial charge is 0.341 e. The number of benzene rings is 1. The minimum Gasteiger partial charge on any atom is -0.477 e. The Morgan fingerprint density at radius 2 is 2.12 bits per heavy atom. The van der Waals surface area contributed by atoms with Crippen LogP contribution in [0.15, 0.2) is 27.6 Å². The van der Waals surface area contributed by atoms with E-state index in [4.69, 9.17) is 5.11 Å². The van der Waals surface area contributed by atoms with E-state index in [0.717, 1.165) is 6.20 Å². The molecule has 0 radical (unpaired) electrons. The van der Waals surface area contributed by atoms with E-state index in [1.165, 1.54) is 12.1 Å². The number of carboxylic acids is 1. The lowest BCUT2D eigenvalue weighted by atomic mass is 10.1. The minimum absolute atomic E-state index is 0.0000926. The van der Waals surface area contributed by atoms with Crippen LogP contribution in [-0.2, 0) is 0 Å². The predicted octanol–water partition coefficient (Wildman–Crippen LogP) is 2.13. The number of carboxylic acid groups (broad SMARTS) is 1. The van der Waals surface area contributed by atoms with Gasteiger partial charge in [0.05, 0.1) is 10.9 Å². The van der Waals surface area contributed by atoms with Gasteiger partial charge in [-0.2, -0.15) is 0 Å². The number of aromatic carboxylic acids is 1. The third-order valence-electron chi connectivity index (χ3n) is 2.17. The SMILES string of the molecule is O=C(O)c1c[nH]c2c(F)ccc(Br)c2c1=O. The van der Waals surface area contributed by atoms with Gasteiger partial charge in [-0.15, -0.1) is 0 Å². The van der Waals surface area contributed by atoms with Gasteiger partial charge in [0.1, 0.15) is 11.4 Å². The fourth-order valence-corrected chi connectivity index (χ4v) is 1.93. The monoisotopic (exact) mass is 285 g/mol. The summed E-state index contributed by atoms with van der Waals surface area (Å²) < 4.78 is 13.7. The first-order chi connectivity index (χ1) is 7.52. The highest BCUT2D eigenvalue weighted by Gasteiger charge is 2.15. The van der Waals surface area contributed by atoms with E-state index >= 15 is 0 Å². The van der Waals surface area contributed by atoms with Gasteiger partial charge in [-0.1, -0.05) is 0 Å². The highest BCUT2D eigenvalue weighted by atomic mass is 79.9. The third kappa shape index (κ3) is 1.51. The summed E-state index contributed by atoms with van der Waals surface area (Å²) >= 11 is 3.09. The summed E-state index contributed by atoms with van der Waals surface area (Å²) in [6.07, 6.45) is 0.989. The molecule has 2 aromatic rings. The van der Waals surface area contributed by atoms with Gasteiger partial charge in [-0.25, -0.2) is 9.18 Å². The van der Waals surface area contributed by atoms with Crippen LogP contribution in [0.1, 0.15) is 10.4 Å². The van der Waals surface area contributed by atoms with Gasteiger partial charge in [-0.3, -0.25) is 4.79 Å². The molecule has 0 spiro atoms. The van der Waals surface area contributed by atoms with Crippen LogP contribution in [-0.4, -0.2) is 16.1 Å². The molecule has 0 saturated carbocycles. The first-order valence-electron chi connectivity index (χ1n) is 4.25. The normalized spacial score (nSPS) is 10.6. The summed E-state index contributed by atoms with van der Waals surface area (Å²) in [5.74, 6) is -1.95. The predicted molar refractivity (Wildman–Crippen MR) is 59.2 cm³/mol. The average Bonchev–Trinajstić information content (AvgIpc) is 2.23. The number of halogens is 2. The number of fused-ring (bicyclic) bond motifs is 1. The highest BCUT2D eigenvalue weighted by Crippen LogP contribution is 2.22.